The summed E-state index contributed by atoms with van der Waals surface area (Å²) in [5, 5.41) is 13.6. The molecule has 4 nitrogen and oxygen atoms in total. The van der Waals surface area contributed by atoms with Gasteiger partial charge in [0.25, 0.3) is 0 Å². The first-order valence-corrected chi connectivity index (χ1v) is 8.27. The highest BCUT2D eigenvalue weighted by molar-refractivity contribution is 6.42. The third-order valence-corrected chi connectivity index (χ3v) is 4.92. The number of hydrogen-bond donors (Lipinski definition) is 2. The van der Waals surface area contributed by atoms with Gasteiger partial charge in [-0.05, 0) is 50.4 Å². The maximum atomic E-state index is 12.1. The average Bonchev–Trinajstić information content (AvgIpc) is 2.90. The Labute approximate surface area is 141 Å². The minimum atomic E-state index is -0.316. The van der Waals surface area contributed by atoms with Crippen LogP contribution in [0.2, 0.25) is 10.0 Å². The molecule has 1 heterocycles. The summed E-state index contributed by atoms with van der Waals surface area (Å²) in [7, 11) is 0. The number of likely N-dealkylation sites (tertiary alicyclic amines) is 1. The fraction of sp³-hybridized carbons (Fsp3) is 0.562. The van der Waals surface area contributed by atoms with Crippen molar-refractivity contribution in [2.45, 2.75) is 32.4 Å². The van der Waals surface area contributed by atoms with Gasteiger partial charge in [-0.1, -0.05) is 29.3 Å². The summed E-state index contributed by atoms with van der Waals surface area (Å²) in [5.74, 6) is 0.241. The number of nitrogens with zero attached hydrogens (tertiary/aromatic N) is 1. The molecule has 1 aromatic carbocycles. The van der Waals surface area contributed by atoms with Crippen molar-refractivity contribution in [3.63, 3.8) is 0 Å². The number of halogens is 2. The number of aliphatic hydroxyl groups is 1. The minimum absolute atomic E-state index is 0.0233. The summed E-state index contributed by atoms with van der Waals surface area (Å²) < 4.78 is 0. The van der Waals surface area contributed by atoms with Crippen molar-refractivity contribution in [3.05, 3.63) is 33.8 Å². The number of hydrogen-bond acceptors (Lipinski definition) is 3. The normalized spacial score (nSPS) is 21.6. The summed E-state index contributed by atoms with van der Waals surface area (Å²) in [6, 6.07) is 5.24. The van der Waals surface area contributed by atoms with Crippen molar-refractivity contribution in [1.29, 1.82) is 0 Å². The van der Waals surface area contributed by atoms with Crippen molar-refractivity contribution in [2.75, 3.05) is 19.6 Å². The summed E-state index contributed by atoms with van der Waals surface area (Å²) in [6.45, 7) is 5.70. The summed E-state index contributed by atoms with van der Waals surface area (Å²) in [4.78, 5) is 14.2. The lowest BCUT2D eigenvalue weighted by atomic mass is 10.0. The van der Waals surface area contributed by atoms with Crippen molar-refractivity contribution >= 4 is 29.1 Å². The van der Waals surface area contributed by atoms with Crippen LogP contribution in [0.1, 0.15) is 31.9 Å². The van der Waals surface area contributed by atoms with E-state index in [1.807, 2.05) is 13.0 Å². The van der Waals surface area contributed by atoms with Crippen LogP contribution in [0, 0.1) is 5.92 Å². The second kappa shape index (κ2) is 7.64. The Morgan fingerprint density at radius 1 is 1.41 bits per heavy atom. The molecule has 3 atom stereocenters. The Morgan fingerprint density at radius 2 is 2.14 bits per heavy atom. The highest BCUT2D eigenvalue weighted by Gasteiger charge is 2.27. The lowest BCUT2D eigenvalue weighted by Gasteiger charge is -2.19. The molecule has 1 aromatic rings. The van der Waals surface area contributed by atoms with E-state index >= 15 is 0 Å². The van der Waals surface area contributed by atoms with Crippen molar-refractivity contribution in [2.24, 2.45) is 5.92 Å². The Bertz CT molecular complexity index is 537. The zero-order valence-corrected chi connectivity index (χ0v) is 14.4. The zero-order valence-electron chi connectivity index (χ0n) is 12.9. The molecule has 122 valence electrons. The monoisotopic (exact) mass is 344 g/mol. The highest BCUT2D eigenvalue weighted by atomic mass is 35.5. The van der Waals surface area contributed by atoms with E-state index in [0.717, 1.165) is 25.1 Å². The van der Waals surface area contributed by atoms with Gasteiger partial charge in [-0.15, -0.1) is 0 Å². The van der Waals surface area contributed by atoms with E-state index in [0.29, 0.717) is 16.6 Å². The topological polar surface area (TPSA) is 52.6 Å². The fourth-order valence-electron chi connectivity index (χ4n) is 2.76. The number of rotatable bonds is 5. The van der Waals surface area contributed by atoms with Gasteiger partial charge in [0.1, 0.15) is 0 Å². The van der Waals surface area contributed by atoms with E-state index in [1.165, 1.54) is 0 Å². The van der Waals surface area contributed by atoms with Crippen LogP contribution in [-0.2, 0) is 4.79 Å². The van der Waals surface area contributed by atoms with E-state index in [4.69, 9.17) is 23.2 Å². The molecule has 22 heavy (non-hydrogen) atoms. The van der Waals surface area contributed by atoms with Crippen molar-refractivity contribution in [3.8, 4) is 0 Å². The SMILES string of the molecule is CC(NC(=O)CN1CCC(C(C)O)C1)c1ccc(Cl)c(Cl)c1. The van der Waals surface area contributed by atoms with Crippen molar-refractivity contribution < 1.29 is 9.90 Å². The molecule has 1 saturated heterocycles. The van der Waals surface area contributed by atoms with E-state index in [2.05, 4.69) is 10.2 Å². The van der Waals surface area contributed by atoms with Crippen molar-refractivity contribution in [1.82, 2.24) is 10.2 Å². The lowest BCUT2D eigenvalue weighted by molar-refractivity contribution is -0.122. The molecule has 1 fully saturated rings. The second-order valence-electron chi connectivity index (χ2n) is 5.99. The van der Waals surface area contributed by atoms with Crippen LogP contribution in [0.3, 0.4) is 0 Å². The molecule has 2 rings (SSSR count). The molecular weight excluding hydrogens is 323 g/mol. The number of aliphatic hydroxyl groups excluding tert-OH is 1. The van der Waals surface area contributed by atoms with Crippen LogP contribution >= 0.6 is 23.2 Å². The molecule has 0 bridgehead atoms. The van der Waals surface area contributed by atoms with Gasteiger partial charge in [-0.2, -0.15) is 0 Å². The van der Waals surface area contributed by atoms with Crippen LogP contribution in [0.15, 0.2) is 18.2 Å². The fourth-order valence-corrected chi connectivity index (χ4v) is 3.06. The number of amides is 1. The quantitative estimate of drug-likeness (QED) is 0.863. The van der Waals surface area contributed by atoms with Gasteiger partial charge in [-0.3, -0.25) is 9.69 Å². The molecule has 0 spiro atoms. The number of carbonyl (C=O) groups is 1. The van der Waals surface area contributed by atoms with Crippen LogP contribution in [0.25, 0.3) is 0 Å². The van der Waals surface area contributed by atoms with Crippen LogP contribution in [0.5, 0.6) is 0 Å². The highest BCUT2D eigenvalue weighted by Crippen LogP contribution is 2.25. The summed E-state index contributed by atoms with van der Waals surface area (Å²) >= 11 is 11.9. The Balaban J connectivity index is 1.85. The molecule has 1 aliphatic heterocycles. The van der Waals surface area contributed by atoms with E-state index in [-0.39, 0.29) is 24.0 Å². The maximum Gasteiger partial charge on any atom is 0.234 e. The van der Waals surface area contributed by atoms with E-state index in [1.54, 1.807) is 19.1 Å². The molecule has 0 radical (unpaired) electrons. The first-order chi connectivity index (χ1) is 10.4. The van der Waals surface area contributed by atoms with Crippen LogP contribution in [0.4, 0.5) is 0 Å². The predicted molar refractivity (Wildman–Crippen MR) is 89.2 cm³/mol. The van der Waals surface area contributed by atoms with Gasteiger partial charge >= 0.3 is 0 Å². The molecule has 0 aliphatic carbocycles. The maximum absolute atomic E-state index is 12.1. The third-order valence-electron chi connectivity index (χ3n) is 4.18. The Hall–Kier alpha value is -0.810. The summed E-state index contributed by atoms with van der Waals surface area (Å²) in [5.41, 5.74) is 0.922. The van der Waals surface area contributed by atoms with Gasteiger partial charge in [0, 0.05) is 6.54 Å². The molecule has 6 heteroatoms. The molecule has 1 amide bonds. The number of benzene rings is 1. The number of nitrogens with one attached hydrogen (secondary N) is 1. The second-order valence-corrected chi connectivity index (χ2v) is 6.80. The van der Waals surface area contributed by atoms with Crippen LogP contribution in [-0.4, -0.2) is 41.7 Å². The average molecular weight is 345 g/mol. The van der Waals surface area contributed by atoms with Gasteiger partial charge in [-0.25, -0.2) is 0 Å². The van der Waals surface area contributed by atoms with E-state index < -0.39 is 0 Å². The molecule has 2 N–H and O–H groups in total. The predicted octanol–water partition coefficient (Wildman–Crippen LogP) is 2.87. The molecular formula is C16H22Cl2N2O2. The molecule has 0 aromatic heterocycles. The first-order valence-electron chi connectivity index (χ1n) is 7.51. The standard InChI is InChI=1S/C16H22Cl2N2O2/c1-10(12-3-4-14(17)15(18)7-12)19-16(22)9-20-6-5-13(8-20)11(2)21/h3-4,7,10-11,13,21H,5-6,8-9H2,1-2H3,(H,19,22). The minimum Gasteiger partial charge on any atom is -0.393 e. The Kier molecular flexibility index (Phi) is 6.09. The van der Waals surface area contributed by atoms with Gasteiger partial charge < -0.3 is 10.4 Å². The largest absolute Gasteiger partial charge is 0.393 e. The Morgan fingerprint density at radius 3 is 2.73 bits per heavy atom. The van der Waals surface area contributed by atoms with Crippen LogP contribution < -0.4 is 5.32 Å². The lowest BCUT2D eigenvalue weighted by Crippen LogP contribution is -2.37. The smallest absolute Gasteiger partial charge is 0.234 e. The first kappa shape index (κ1) is 17.5. The molecule has 1 aliphatic rings. The van der Waals surface area contributed by atoms with Gasteiger partial charge in [0.05, 0.1) is 28.7 Å². The third kappa shape index (κ3) is 4.59. The van der Waals surface area contributed by atoms with E-state index in [9.17, 15) is 9.90 Å². The zero-order chi connectivity index (χ0) is 16.3. The van der Waals surface area contributed by atoms with Gasteiger partial charge in [0.15, 0.2) is 0 Å². The van der Waals surface area contributed by atoms with Gasteiger partial charge in [0.2, 0.25) is 5.91 Å². The molecule has 0 saturated carbocycles. The summed E-state index contributed by atoms with van der Waals surface area (Å²) in [6.07, 6.45) is 0.621. The molecule has 3 unspecified atom stereocenters. The number of carbonyl (C=O) groups excluding carboxylic acids is 1.